The minimum atomic E-state index is -2.86. The molecule has 76 valence electrons. The van der Waals surface area contributed by atoms with Crippen molar-refractivity contribution in [3.05, 3.63) is 26.9 Å². The van der Waals surface area contributed by atoms with Crippen LogP contribution in [0, 0.1) is 0 Å². The first-order valence-corrected chi connectivity index (χ1v) is 4.54. The quantitative estimate of drug-likeness (QED) is 0.849. The average Bonchev–Trinajstić information content (AvgIpc) is 2.07. The van der Waals surface area contributed by atoms with Gasteiger partial charge in [-0.2, -0.15) is 0 Å². The van der Waals surface area contributed by atoms with Gasteiger partial charge in [-0.05, 0) is 15.9 Å². The number of hydrogen-bond acceptors (Lipinski definition) is 2. The Bertz CT molecular complexity index is 386. The molecule has 0 aliphatic heterocycles. The van der Waals surface area contributed by atoms with E-state index in [-0.39, 0.29) is 9.63 Å². The van der Waals surface area contributed by atoms with Crippen LogP contribution in [0.15, 0.2) is 10.8 Å². The lowest BCUT2D eigenvalue weighted by atomic mass is 10.1. The van der Waals surface area contributed by atoms with Crippen LogP contribution in [0.3, 0.4) is 0 Å². The second-order valence-corrected chi connectivity index (χ2v) is 3.51. The first kappa shape index (κ1) is 11.3. The highest BCUT2D eigenvalue weighted by molar-refractivity contribution is 9.10. The maximum atomic E-state index is 12.5. The van der Waals surface area contributed by atoms with Crippen LogP contribution in [-0.4, -0.2) is 10.9 Å². The van der Waals surface area contributed by atoms with E-state index in [0.29, 0.717) is 0 Å². The van der Waals surface area contributed by atoms with Crippen LogP contribution in [0.1, 0.15) is 22.3 Å². The Kier molecular flexibility index (Phi) is 3.38. The Morgan fingerprint density at radius 3 is 2.57 bits per heavy atom. The van der Waals surface area contributed by atoms with Gasteiger partial charge in [0.25, 0.3) is 12.3 Å². The SMILES string of the molecule is NC(=O)c1c(Cl)cnc(Br)c1C(F)F. The summed E-state index contributed by atoms with van der Waals surface area (Å²) >= 11 is 8.32. The highest BCUT2D eigenvalue weighted by Crippen LogP contribution is 2.32. The molecule has 2 N–H and O–H groups in total. The maximum absolute atomic E-state index is 12.5. The van der Waals surface area contributed by atoms with Crippen LogP contribution in [0.4, 0.5) is 8.78 Å². The third kappa shape index (κ3) is 2.01. The number of aromatic nitrogens is 1. The molecule has 1 aromatic heterocycles. The van der Waals surface area contributed by atoms with Gasteiger partial charge in [-0.25, -0.2) is 13.8 Å². The second-order valence-electron chi connectivity index (χ2n) is 2.35. The van der Waals surface area contributed by atoms with Crippen LogP contribution in [-0.2, 0) is 0 Å². The Hall–Kier alpha value is -0.750. The molecule has 1 rings (SSSR count). The zero-order valence-electron chi connectivity index (χ0n) is 6.60. The standard InChI is InChI=1S/C7H4BrClF2N2O/c8-5-4(6(10)11)3(7(12)14)2(9)1-13-5/h1,6H,(H2,12,14). The highest BCUT2D eigenvalue weighted by atomic mass is 79.9. The first-order valence-electron chi connectivity index (χ1n) is 3.37. The minimum absolute atomic E-state index is 0.134. The topological polar surface area (TPSA) is 56.0 Å². The summed E-state index contributed by atoms with van der Waals surface area (Å²) in [6.07, 6.45) is -1.78. The van der Waals surface area contributed by atoms with Crippen molar-refractivity contribution >= 4 is 33.4 Å². The molecule has 0 radical (unpaired) electrons. The van der Waals surface area contributed by atoms with E-state index in [0.717, 1.165) is 6.20 Å². The summed E-state index contributed by atoms with van der Waals surface area (Å²) in [4.78, 5) is 14.4. The van der Waals surface area contributed by atoms with E-state index in [2.05, 4.69) is 20.9 Å². The molecule has 7 heteroatoms. The third-order valence-corrected chi connectivity index (χ3v) is 2.40. The van der Waals surface area contributed by atoms with Gasteiger partial charge in [-0.15, -0.1) is 0 Å². The number of amides is 1. The molecule has 1 amide bonds. The number of nitrogens with zero attached hydrogens (tertiary/aromatic N) is 1. The van der Waals surface area contributed by atoms with Crippen LogP contribution in [0.2, 0.25) is 5.02 Å². The normalized spacial score (nSPS) is 10.6. The molecule has 14 heavy (non-hydrogen) atoms. The zero-order valence-corrected chi connectivity index (χ0v) is 8.94. The smallest absolute Gasteiger partial charge is 0.267 e. The van der Waals surface area contributed by atoms with Gasteiger partial charge in [0.05, 0.1) is 16.1 Å². The number of carbonyl (C=O) groups excluding carboxylic acids is 1. The molecule has 0 saturated carbocycles. The van der Waals surface area contributed by atoms with Crippen molar-refractivity contribution in [2.45, 2.75) is 6.43 Å². The fourth-order valence-corrected chi connectivity index (χ4v) is 1.65. The summed E-state index contributed by atoms with van der Waals surface area (Å²) in [5.74, 6) is -1.01. The number of halogens is 4. The van der Waals surface area contributed by atoms with Crippen molar-refractivity contribution in [1.82, 2.24) is 4.98 Å². The summed E-state index contributed by atoms with van der Waals surface area (Å²) in [6.45, 7) is 0. The van der Waals surface area contributed by atoms with Crippen LogP contribution >= 0.6 is 27.5 Å². The van der Waals surface area contributed by atoms with Crippen molar-refractivity contribution in [3.63, 3.8) is 0 Å². The molecule has 0 bridgehead atoms. The van der Waals surface area contributed by atoms with Gasteiger partial charge in [0, 0.05) is 6.20 Å². The largest absolute Gasteiger partial charge is 0.366 e. The Morgan fingerprint density at radius 2 is 2.21 bits per heavy atom. The maximum Gasteiger partial charge on any atom is 0.267 e. The predicted octanol–water partition coefficient (Wildman–Crippen LogP) is 2.53. The number of primary amides is 1. The number of hydrogen-bond donors (Lipinski definition) is 1. The summed E-state index contributed by atoms with van der Waals surface area (Å²) < 4.78 is 24.9. The second kappa shape index (κ2) is 4.18. The van der Waals surface area contributed by atoms with E-state index >= 15 is 0 Å². The lowest BCUT2D eigenvalue weighted by Crippen LogP contribution is -2.15. The Morgan fingerprint density at radius 1 is 1.64 bits per heavy atom. The van der Waals surface area contributed by atoms with Crippen molar-refractivity contribution < 1.29 is 13.6 Å². The molecule has 0 saturated heterocycles. The summed E-state index contributed by atoms with van der Waals surface area (Å²) in [7, 11) is 0. The van der Waals surface area contributed by atoms with E-state index in [1.165, 1.54) is 0 Å². The summed E-state index contributed by atoms with van der Waals surface area (Å²) in [5.41, 5.74) is 3.94. The van der Waals surface area contributed by atoms with E-state index < -0.39 is 23.5 Å². The lowest BCUT2D eigenvalue weighted by molar-refractivity contribution is 0.0985. The number of pyridine rings is 1. The van der Waals surface area contributed by atoms with Gasteiger partial charge in [-0.3, -0.25) is 4.79 Å². The van der Waals surface area contributed by atoms with Crippen molar-refractivity contribution in [3.8, 4) is 0 Å². The van der Waals surface area contributed by atoms with E-state index in [9.17, 15) is 13.6 Å². The van der Waals surface area contributed by atoms with Gasteiger partial charge in [0.15, 0.2) is 0 Å². The zero-order chi connectivity index (χ0) is 10.9. The van der Waals surface area contributed by atoms with Crippen molar-refractivity contribution in [1.29, 1.82) is 0 Å². The number of carbonyl (C=O) groups is 1. The van der Waals surface area contributed by atoms with E-state index in [1.54, 1.807) is 0 Å². The Labute approximate surface area is 91.4 Å². The van der Waals surface area contributed by atoms with Crippen LogP contribution in [0.5, 0.6) is 0 Å². The molecule has 1 heterocycles. The molecule has 1 aromatic rings. The average molecular weight is 285 g/mol. The van der Waals surface area contributed by atoms with Gasteiger partial charge < -0.3 is 5.73 Å². The molecule has 0 atom stereocenters. The van der Waals surface area contributed by atoms with Crippen LogP contribution in [0.25, 0.3) is 0 Å². The molecule has 3 nitrogen and oxygen atoms in total. The van der Waals surface area contributed by atoms with Crippen molar-refractivity contribution in [2.24, 2.45) is 5.73 Å². The summed E-state index contributed by atoms with van der Waals surface area (Å²) in [5, 5.41) is -0.184. The number of rotatable bonds is 2. The monoisotopic (exact) mass is 284 g/mol. The van der Waals surface area contributed by atoms with E-state index in [1.807, 2.05) is 0 Å². The molecule has 0 aliphatic carbocycles. The fourth-order valence-electron chi connectivity index (χ4n) is 0.929. The summed E-state index contributed by atoms with van der Waals surface area (Å²) in [6, 6.07) is 0. The molecule has 0 spiro atoms. The molecular weight excluding hydrogens is 281 g/mol. The molecule has 0 aliphatic rings. The highest BCUT2D eigenvalue weighted by Gasteiger charge is 2.23. The van der Waals surface area contributed by atoms with Crippen LogP contribution < -0.4 is 5.73 Å². The number of alkyl halides is 2. The predicted molar refractivity (Wildman–Crippen MR) is 50.4 cm³/mol. The first-order chi connectivity index (χ1) is 6.45. The molecule has 0 fully saturated rings. The molecule has 0 aromatic carbocycles. The van der Waals surface area contributed by atoms with E-state index in [4.69, 9.17) is 17.3 Å². The fraction of sp³-hybridized carbons (Fsp3) is 0.143. The van der Waals surface area contributed by atoms with Crippen molar-refractivity contribution in [2.75, 3.05) is 0 Å². The lowest BCUT2D eigenvalue weighted by Gasteiger charge is -2.08. The van der Waals surface area contributed by atoms with Gasteiger partial charge >= 0.3 is 0 Å². The third-order valence-electron chi connectivity index (χ3n) is 1.49. The number of nitrogens with two attached hydrogens (primary N) is 1. The Balaban J connectivity index is 3.50. The molecular formula is C7H4BrClF2N2O. The molecule has 0 unspecified atom stereocenters. The van der Waals surface area contributed by atoms with Gasteiger partial charge in [0.1, 0.15) is 4.60 Å². The van der Waals surface area contributed by atoms with Gasteiger partial charge in [-0.1, -0.05) is 11.6 Å². The van der Waals surface area contributed by atoms with Gasteiger partial charge in [0.2, 0.25) is 0 Å². The minimum Gasteiger partial charge on any atom is -0.366 e.